The van der Waals surface area contributed by atoms with Crippen LogP contribution >= 0.6 is 22.6 Å². The van der Waals surface area contributed by atoms with Crippen molar-refractivity contribution < 1.29 is 13.2 Å². The number of hydrogen-bond donors (Lipinski definition) is 0. The number of anilines is 2. The molecule has 0 spiro atoms. The topological polar surface area (TPSA) is 46.6 Å². The molecule has 3 rings (SSSR count). The number of halogens is 1. The standard InChI is InChI=1S/C21H26INO3S/c1-4-5-11-21(2)14-23(16-9-7-6-8-10-16)18-12-17(22)19(26-3)13-20(18)27(24,25)15-21/h6-10,12-13H,4-5,11,14-15H2,1-3H3. The maximum Gasteiger partial charge on any atom is 0.181 e. The summed E-state index contributed by atoms with van der Waals surface area (Å²) in [5.41, 5.74) is 1.44. The highest BCUT2D eigenvalue weighted by Crippen LogP contribution is 2.44. The van der Waals surface area contributed by atoms with Crippen molar-refractivity contribution in [2.75, 3.05) is 24.3 Å². The lowest BCUT2D eigenvalue weighted by Gasteiger charge is -2.34. The van der Waals surface area contributed by atoms with E-state index in [2.05, 4.69) is 41.3 Å². The molecule has 0 fully saturated rings. The summed E-state index contributed by atoms with van der Waals surface area (Å²) in [5, 5.41) is 0. The smallest absolute Gasteiger partial charge is 0.181 e. The summed E-state index contributed by atoms with van der Waals surface area (Å²) in [4.78, 5) is 2.53. The zero-order valence-electron chi connectivity index (χ0n) is 16.0. The number of rotatable bonds is 5. The second-order valence-electron chi connectivity index (χ2n) is 7.55. The highest BCUT2D eigenvalue weighted by atomic mass is 127. The number of fused-ring (bicyclic) bond motifs is 1. The van der Waals surface area contributed by atoms with Crippen molar-refractivity contribution in [1.82, 2.24) is 0 Å². The first-order valence-corrected chi connectivity index (χ1v) is 12.0. The number of ether oxygens (including phenoxy) is 1. The molecule has 2 aromatic rings. The monoisotopic (exact) mass is 499 g/mol. The van der Waals surface area contributed by atoms with Crippen molar-refractivity contribution in [2.45, 2.75) is 38.0 Å². The highest BCUT2D eigenvalue weighted by Gasteiger charge is 2.39. The summed E-state index contributed by atoms with van der Waals surface area (Å²) in [5.74, 6) is 0.753. The lowest BCUT2D eigenvalue weighted by atomic mass is 9.86. The molecule has 6 heteroatoms. The minimum atomic E-state index is -3.43. The van der Waals surface area contributed by atoms with Crippen LogP contribution in [0.25, 0.3) is 0 Å². The normalized spacial score (nSPS) is 21.4. The van der Waals surface area contributed by atoms with Gasteiger partial charge in [0.25, 0.3) is 0 Å². The van der Waals surface area contributed by atoms with Crippen LogP contribution in [0.3, 0.4) is 0 Å². The van der Waals surface area contributed by atoms with Crippen molar-refractivity contribution in [2.24, 2.45) is 5.41 Å². The van der Waals surface area contributed by atoms with Crippen LogP contribution in [0.1, 0.15) is 33.1 Å². The number of benzene rings is 2. The van der Waals surface area contributed by atoms with E-state index in [4.69, 9.17) is 4.74 Å². The Balaban J connectivity index is 2.23. The molecule has 0 N–H and O–H groups in total. The summed E-state index contributed by atoms with van der Waals surface area (Å²) < 4.78 is 33.0. The largest absolute Gasteiger partial charge is 0.496 e. The van der Waals surface area contributed by atoms with Crippen LogP contribution in [0.4, 0.5) is 11.4 Å². The summed E-state index contributed by atoms with van der Waals surface area (Å²) in [7, 11) is -1.85. The highest BCUT2D eigenvalue weighted by molar-refractivity contribution is 14.1. The minimum Gasteiger partial charge on any atom is -0.496 e. The predicted octanol–water partition coefficient (Wildman–Crippen LogP) is 5.42. The Hall–Kier alpha value is -1.28. The Morgan fingerprint density at radius 3 is 2.56 bits per heavy atom. The fraction of sp³-hybridized carbons (Fsp3) is 0.429. The molecule has 0 bridgehead atoms. The average molecular weight is 499 g/mol. The molecule has 1 aliphatic heterocycles. The number of hydrogen-bond acceptors (Lipinski definition) is 4. The minimum absolute atomic E-state index is 0.153. The number of methoxy groups -OCH3 is 1. The Morgan fingerprint density at radius 1 is 1.22 bits per heavy atom. The van der Waals surface area contributed by atoms with Crippen LogP contribution in [-0.4, -0.2) is 27.8 Å². The molecule has 0 saturated carbocycles. The zero-order chi connectivity index (χ0) is 19.7. The molecule has 2 aromatic carbocycles. The Bertz CT molecular complexity index is 915. The van der Waals surface area contributed by atoms with Gasteiger partial charge in [0.1, 0.15) is 5.75 Å². The molecule has 1 heterocycles. The number of para-hydroxylation sites is 1. The third kappa shape index (κ3) is 4.26. The first-order valence-electron chi connectivity index (χ1n) is 9.22. The first-order chi connectivity index (χ1) is 12.8. The van der Waals surface area contributed by atoms with Gasteiger partial charge < -0.3 is 9.64 Å². The average Bonchev–Trinajstić information content (AvgIpc) is 2.72. The Kier molecular flexibility index (Phi) is 6.05. The summed E-state index contributed by atoms with van der Waals surface area (Å²) in [6.45, 7) is 4.92. The van der Waals surface area contributed by atoms with Crippen LogP contribution in [0, 0.1) is 8.99 Å². The Morgan fingerprint density at radius 2 is 1.93 bits per heavy atom. The van der Waals surface area contributed by atoms with Crippen LogP contribution < -0.4 is 9.64 Å². The van der Waals surface area contributed by atoms with E-state index in [-0.39, 0.29) is 11.2 Å². The number of sulfone groups is 1. The quantitative estimate of drug-likeness (QED) is 0.516. The molecule has 4 nitrogen and oxygen atoms in total. The second kappa shape index (κ2) is 7.99. The van der Waals surface area contributed by atoms with Gasteiger partial charge in [-0.3, -0.25) is 0 Å². The molecular weight excluding hydrogens is 473 g/mol. The molecule has 0 saturated heterocycles. The van der Waals surface area contributed by atoms with Crippen molar-refractivity contribution >= 4 is 43.8 Å². The van der Waals surface area contributed by atoms with E-state index in [9.17, 15) is 8.42 Å². The maximum atomic E-state index is 13.3. The molecule has 1 aliphatic rings. The fourth-order valence-corrected chi connectivity index (χ4v) is 6.54. The molecule has 0 radical (unpaired) electrons. The van der Waals surface area contributed by atoms with E-state index in [1.54, 1.807) is 13.2 Å². The number of nitrogens with zero attached hydrogens (tertiary/aromatic N) is 1. The van der Waals surface area contributed by atoms with E-state index >= 15 is 0 Å². The first kappa shape index (κ1) is 20.5. The molecule has 0 aromatic heterocycles. The summed E-state index contributed by atoms with van der Waals surface area (Å²) >= 11 is 2.21. The zero-order valence-corrected chi connectivity index (χ0v) is 19.0. The van der Waals surface area contributed by atoms with E-state index in [0.717, 1.165) is 34.2 Å². The summed E-state index contributed by atoms with van der Waals surface area (Å²) in [6, 6.07) is 13.7. The molecule has 0 aliphatic carbocycles. The predicted molar refractivity (Wildman–Crippen MR) is 119 cm³/mol. The van der Waals surface area contributed by atoms with Crippen molar-refractivity contribution in [1.29, 1.82) is 0 Å². The van der Waals surface area contributed by atoms with Crippen molar-refractivity contribution in [3.63, 3.8) is 0 Å². The lowest BCUT2D eigenvalue weighted by Crippen LogP contribution is -2.35. The lowest BCUT2D eigenvalue weighted by molar-refractivity contribution is 0.338. The Labute approximate surface area is 176 Å². The van der Waals surface area contributed by atoms with Gasteiger partial charge in [0, 0.05) is 18.3 Å². The fourth-order valence-electron chi connectivity index (χ4n) is 3.78. The van der Waals surface area contributed by atoms with Gasteiger partial charge in [0.2, 0.25) is 0 Å². The molecule has 27 heavy (non-hydrogen) atoms. The van der Waals surface area contributed by atoms with E-state index in [0.29, 0.717) is 17.2 Å². The summed E-state index contributed by atoms with van der Waals surface area (Å²) in [6.07, 6.45) is 2.96. The van der Waals surface area contributed by atoms with Gasteiger partial charge in [-0.25, -0.2) is 8.42 Å². The van der Waals surface area contributed by atoms with Gasteiger partial charge in [-0.2, -0.15) is 0 Å². The second-order valence-corrected chi connectivity index (χ2v) is 10.7. The van der Waals surface area contributed by atoms with Crippen molar-refractivity contribution in [3.8, 4) is 5.75 Å². The van der Waals surface area contributed by atoms with Gasteiger partial charge in [-0.05, 0) is 52.6 Å². The van der Waals surface area contributed by atoms with Gasteiger partial charge in [0.05, 0.1) is 27.0 Å². The van der Waals surface area contributed by atoms with Crippen LogP contribution in [0.2, 0.25) is 0 Å². The van der Waals surface area contributed by atoms with Crippen LogP contribution in [-0.2, 0) is 9.84 Å². The van der Waals surface area contributed by atoms with Gasteiger partial charge in [0.15, 0.2) is 9.84 Å². The molecular formula is C21H26INO3S. The van der Waals surface area contributed by atoms with E-state index in [1.807, 2.05) is 36.4 Å². The third-order valence-corrected chi connectivity index (χ3v) is 8.06. The van der Waals surface area contributed by atoms with E-state index in [1.165, 1.54) is 0 Å². The molecule has 0 amide bonds. The van der Waals surface area contributed by atoms with E-state index < -0.39 is 9.84 Å². The van der Waals surface area contributed by atoms with Crippen LogP contribution in [0.15, 0.2) is 47.4 Å². The van der Waals surface area contributed by atoms with Crippen molar-refractivity contribution in [3.05, 3.63) is 46.0 Å². The third-order valence-electron chi connectivity index (χ3n) is 5.14. The molecule has 1 unspecified atom stereocenters. The van der Waals surface area contributed by atoms with Gasteiger partial charge >= 0.3 is 0 Å². The molecule has 146 valence electrons. The van der Waals surface area contributed by atoms with Gasteiger partial charge in [-0.15, -0.1) is 0 Å². The molecule has 1 atom stereocenters. The SMILES string of the molecule is CCCCC1(C)CN(c2ccccc2)c2cc(I)c(OC)cc2S(=O)(=O)C1. The maximum absolute atomic E-state index is 13.3. The number of unbranched alkanes of at least 4 members (excludes halogenated alkanes) is 1. The van der Waals surface area contributed by atoms with Crippen LogP contribution in [0.5, 0.6) is 5.75 Å². The van der Waals surface area contributed by atoms with Gasteiger partial charge in [-0.1, -0.05) is 44.9 Å².